The second-order valence-corrected chi connectivity index (χ2v) is 5.12. The van der Waals surface area contributed by atoms with Crippen molar-refractivity contribution >= 4 is 5.69 Å². The van der Waals surface area contributed by atoms with E-state index in [0.29, 0.717) is 13.0 Å². The van der Waals surface area contributed by atoms with E-state index in [2.05, 4.69) is 0 Å². The molecule has 0 aliphatic heterocycles. The second kappa shape index (κ2) is 7.04. The van der Waals surface area contributed by atoms with Gasteiger partial charge in [0.15, 0.2) is 0 Å². The first-order valence-corrected chi connectivity index (χ1v) is 7.18. The highest BCUT2D eigenvalue weighted by Crippen LogP contribution is 2.21. The first-order valence-electron chi connectivity index (χ1n) is 7.18. The van der Waals surface area contributed by atoms with Crippen molar-refractivity contribution in [2.75, 3.05) is 0 Å². The summed E-state index contributed by atoms with van der Waals surface area (Å²) in [5.41, 5.74) is 1.79. The average Bonchev–Trinajstić information content (AvgIpc) is 2.94. The highest BCUT2D eigenvalue weighted by molar-refractivity contribution is 5.39. The zero-order valence-corrected chi connectivity index (χ0v) is 12.1. The highest BCUT2D eigenvalue weighted by Gasteiger charge is 2.12. The third-order valence-corrected chi connectivity index (χ3v) is 3.55. The summed E-state index contributed by atoms with van der Waals surface area (Å²) >= 11 is 0. The molecular formula is C16H20N2O3. The van der Waals surface area contributed by atoms with Crippen LogP contribution in [-0.4, -0.2) is 14.6 Å². The predicted molar refractivity (Wildman–Crippen MR) is 81.1 cm³/mol. The van der Waals surface area contributed by atoms with E-state index in [1.807, 2.05) is 36.0 Å². The molecule has 0 amide bonds. The molecule has 0 bridgehead atoms. The van der Waals surface area contributed by atoms with E-state index < -0.39 is 6.10 Å². The quantitative estimate of drug-likeness (QED) is 0.626. The van der Waals surface area contributed by atoms with Crippen molar-refractivity contribution in [3.63, 3.8) is 0 Å². The van der Waals surface area contributed by atoms with Crippen LogP contribution >= 0.6 is 0 Å². The molecule has 0 aliphatic rings. The SMILES string of the molecule is CCCC(O)c1ccn(CCc2ccccc2[N+](=O)[O-])c1. The van der Waals surface area contributed by atoms with Crippen LogP contribution in [0.5, 0.6) is 0 Å². The fourth-order valence-corrected chi connectivity index (χ4v) is 2.39. The predicted octanol–water partition coefficient (Wildman–Crippen LogP) is 3.47. The minimum absolute atomic E-state index is 0.163. The lowest BCUT2D eigenvalue weighted by Crippen LogP contribution is -2.02. The zero-order valence-electron chi connectivity index (χ0n) is 12.1. The Kier molecular flexibility index (Phi) is 5.11. The van der Waals surface area contributed by atoms with Gasteiger partial charge in [-0.3, -0.25) is 10.1 Å². The number of nitro groups is 1. The van der Waals surface area contributed by atoms with Gasteiger partial charge in [0.25, 0.3) is 5.69 Å². The summed E-state index contributed by atoms with van der Waals surface area (Å²) in [4.78, 5) is 10.6. The van der Waals surface area contributed by atoms with Gasteiger partial charge in [0.2, 0.25) is 0 Å². The van der Waals surface area contributed by atoms with E-state index in [0.717, 1.165) is 24.0 Å². The molecule has 2 rings (SSSR count). The molecule has 2 aromatic rings. The highest BCUT2D eigenvalue weighted by atomic mass is 16.6. The van der Waals surface area contributed by atoms with Gasteiger partial charge in [-0.1, -0.05) is 31.5 Å². The minimum Gasteiger partial charge on any atom is -0.388 e. The summed E-state index contributed by atoms with van der Waals surface area (Å²) in [6.07, 6.45) is 5.66. The maximum absolute atomic E-state index is 11.0. The molecule has 0 fully saturated rings. The van der Waals surface area contributed by atoms with E-state index in [1.54, 1.807) is 12.1 Å². The number of nitro benzene ring substituents is 1. The molecule has 0 saturated heterocycles. The molecule has 21 heavy (non-hydrogen) atoms. The van der Waals surface area contributed by atoms with E-state index >= 15 is 0 Å². The molecule has 1 aromatic carbocycles. The smallest absolute Gasteiger partial charge is 0.272 e. The fourth-order valence-electron chi connectivity index (χ4n) is 2.39. The largest absolute Gasteiger partial charge is 0.388 e. The molecule has 1 unspecified atom stereocenters. The lowest BCUT2D eigenvalue weighted by molar-refractivity contribution is -0.385. The topological polar surface area (TPSA) is 68.3 Å². The fraction of sp³-hybridized carbons (Fsp3) is 0.375. The van der Waals surface area contributed by atoms with E-state index in [4.69, 9.17) is 0 Å². The van der Waals surface area contributed by atoms with Crippen LogP contribution in [-0.2, 0) is 13.0 Å². The molecule has 0 spiro atoms. The monoisotopic (exact) mass is 288 g/mol. The van der Waals surface area contributed by atoms with Crippen molar-refractivity contribution in [3.05, 3.63) is 64.0 Å². The summed E-state index contributed by atoms with van der Waals surface area (Å²) in [6, 6.07) is 8.71. The first kappa shape index (κ1) is 15.3. The van der Waals surface area contributed by atoms with Crippen LogP contribution in [0.1, 0.15) is 37.0 Å². The lowest BCUT2D eigenvalue weighted by atomic mass is 10.1. The molecule has 1 aromatic heterocycles. The third kappa shape index (κ3) is 3.92. The lowest BCUT2D eigenvalue weighted by Gasteiger charge is -2.07. The van der Waals surface area contributed by atoms with Crippen LogP contribution in [0.3, 0.4) is 0 Å². The van der Waals surface area contributed by atoms with Gasteiger partial charge >= 0.3 is 0 Å². The summed E-state index contributed by atoms with van der Waals surface area (Å²) in [6.45, 7) is 2.69. The Morgan fingerprint density at radius 3 is 2.81 bits per heavy atom. The van der Waals surface area contributed by atoms with Crippen molar-refractivity contribution in [2.24, 2.45) is 0 Å². The summed E-state index contributed by atoms with van der Waals surface area (Å²) < 4.78 is 1.96. The number of aliphatic hydroxyl groups excluding tert-OH is 1. The first-order chi connectivity index (χ1) is 10.1. The van der Waals surface area contributed by atoms with Gasteiger partial charge in [0.1, 0.15) is 0 Å². The molecule has 5 heteroatoms. The molecule has 1 heterocycles. The second-order valence-electron chi connectivity index (χ2n) is 5.12. The number of hydrogen-bond donors (Lipinski definition) is 1. The summed E-state index contributed by atoms with van der Waals surface area (Å²) in [5.74, 6) is 0. The molecule has 112 valence electrons. The standard InChI is InChI=1S/C16H20N2O3/c1-2-5-16(19)14-9-11-17(12-14)10-8-13-6-3-4-7-15(13)18(20)21/h3-4,6-7,9,11-12,16,19H,2,5,8,10H2,1H3. The summed E-state index contributed by atoms with van der Waals surface area (Å²) in [5, 5.41) is 20.9. The molecule has 0 aliphatic carbocycles. The van der Waals surface area contributed by atoms with Crippen LogP contribution in [0.4, 0.5) is 5.69 Å². The van der Waals surface area contributed by atoms with Gasteiger partial charge in [-0.05, 0) is 24.5 Å². The minimum atomic E-state index is -0.428. The maximum Gasteiger partial charge on any atom is 0.272 e. The molecule has 0 radical (unpaired) electrons. The summed E-state index contributed by atoms with van der Waals surface area (Å²) in [7, 11) is 0. The Morgan fingerprint density at radius 2 is 2.10 bits per heavy atom. The van der Waals surface area contributed by atoms with Crippen molar-refractivity contribution < 1.29 is 10.0 Å². The van der Waals surface area contributed by atoms with Gasteiger partial charge in [0.05, 0.1) is 11.0 Å². The molecule has 1 N–H and O–H groups in total. The van der Waals surface area contributed by atoms with E-state index in [9.17, 15) is 15.2 Å². The van der Waals surface area contributed by atoms with Crippen LogP contribution in [0.2, 0.25) is 0 Å². The Labute approximate surface area is 124 Å². The van der Waals surface area contributed by atoms with Crippen LogP contribution in [0.15, 0.2) is 42.7 Å². The van der Waals surface area contributed by atoms with Crippen molar-refractivity contribution in [3.8, 4) is 0 Å². The van der Waals surface area contributed by atoms with Crippen molar-refractivity contribution in [1.29, 1.82) is 0 Å². The zero-order chi connectivity index (χ0) is 15.2. The Morgan fingerprint density at radius 1 is 1.33 bits per heavy atom. The number of aryl methyl sites for hydroxylation is 2. The number of nitrogens with zero attached hydrogens (tertiary/aromatic N) is 2. The van der Waals surface area contributed by atoms with Gasteiger partial charge in [-0.2, -0.15) is 0 Å². The number of benzene rings is 1. The molecule has 1 atom stereocenters. The van der Waals surface area contributed by atoms with Crippen LogP contribution in [0.25, 0.3) is 0 Å². The molecule has 0 saturated carbocycles. The molecular weight excluding hydrogens is 268 g/mol. The number of rotatable bonds is 7. The van der Waals surface area contributed by atoms with E-state index in [-0.39, 0.29) is 10.6 Å². The maximum atomic E-state index is 11.0. The van der Waals surface area contributed by atoms with E-state index in [1.165, 1.54) is 6.07 Å². The van der Waals surface area contributed by atoms with Crippen LogP contribution in [0, 0.1) is 10.1 Å². The van der Waals surface area contributed by atoms with Crippen LogP contribution < -0.4 is 0 Å². The Hall–Kier alpha value is -2.14. The van der Waals surface area contributed by atoms with Gasteiger partial charge in [-0.15, -0.1) is 0 Å². The average molecular weight is 288 g/mol. The normalized spacial score (nSPS) is 12.3. The number of para-hydroxylation sites is 1. The van der Waals surface area contributed by atoms with Gasteiger partial charge < -0.3 is 9.67 Å². The van der Waals surface area contributed by atoms with Gasteiger partial charge in [-0.25, -0.2) is 0 Å². The van der Waals surface area contributed by atoms with Gasteiger partial charge in [0, 0.05) is 30.6 Å². The number of hydrogen-bond acceptors (Lipinski definition) is 3. The van der Waals surface area contributed by atoms with Crippen molar-refractivity contribution in [2.45, 2.75) is 38.8 Å². The van der Waals surface area contributed by atoms with Crippen molar-refractivity contribution in [1.82, 2.24) is 4.57 Å². The molecule has 5 nitrogen and oxygen atoms in total. The Balaban J connectivity index is 2.02. The third-order valence-electron chi connectivity index (χ3n) is 3.55. The number of aromatic nitrogens is 1. The Bertz CT molecular complexity index is 607. The number of aliphatic hydroxyl groups is 1.